The fraction of sp³-hybridized carbons (Fsp3) is 0.100. The van der Waals surface area contributed by atoms with E-state index < -0.39 is 0 Å². The Morgan fingerprint density at radius 2 is 2.29 bits per heavy atom. The first-order valence-electron chi connectivity index (χ1n) is 3.96. The van der Waals surface area contributed by atoms with E-state index in [1.165, 1.54) is 29.9 Å². The highest BCUT2D eigenvalue weighted by atomic mass is 32.1. The van der Waals surface area contributed by atoms with Gasteiger partial charge in [0.15, 0.2) is 0 Å². The van der Waals surface area contributed by atoms with Gasteiger partial charge in [-0.1, -0.05) is 0 Å². The van der Waals surface area contributed by atoms with Crippen molar-refractivity contribution in [1.29, 1.82) is 0 Å². The summed E-state index contributed by atoms with van der Waals surface area (Å²) in [6.07, 6.45) is 0.722. The number of ether oxygens (including phenoxy) is 1. The zero-order valence-electron chi connectivity index (χ0n) is 7.41. The molecule has 1 aromatic carbocycles. The highest BCUT2D eigenvalue weighted by Crippen LogP contribution is 2.33. The molecule has 2 nitrogen and oxygen atoms in total. The molecule has 0 bridgehead atoms. The quantitative estimate of drug-likeness (QED) is 0.712. The summed E-state index contributed by atoms with van der Waals surface area (Å²) < 4.78 is 19.0. The van der Waals surface area contributed by atoms with Crippen molar-refractivity contribution in [3.8, 4) is 5.75 Å². The van der Waals surface area contributed by atoms with Gasteiger partial charge in [-0.15, -0.1) is 11.3 Å². The molecule has 0 aliphatic heterocycles. The minimum Gasteiger partial charge on any atom is -0.496 e. The fourth-order valence-corrected chi connectivity index (χ4v) is 2.21. The first-order chi connectivity index (χ1) is 6.76. The summed E-state index contributed by atoms with van der Waals surface area (Å²) in [7, 11) is 1.46. The zero-order valence-corrected chi connectivity index (χ0v) is 8.23. The van der Waals surface area contributed by atoms with Crippen LogP contribution in [0.25, 0.3) is 10.1 Å². The highest BCUT2D eigenvalue weighted by molar-refractivity contribution is 7.17. The number of thiophene rings is 1. The predicted molar refractivity (Wildman–Crippen MR) is 53.7 cm³/mol. The van der Waals surface area contributed by atoms with Gasteiger partial charge in [-0.05, 0) is 12.1 Å². The Hall–Kier alpha value is -1.42. The van der Waals surface area contributed by atoms with Crippen LogP contribution >= 0.6 is 11.3 Å². The van der Waals surface area contributed by atoms with Crippen LogP contribution < -0.4 is 4.74 Å². The summed E-state index contributed by atoms with van der Waals surface area (Å²) in [5, 5.41) is 1.85. The first-order valence-corrected chi connectivity index (χ1v) is 4.84. The Morgan fingerprint density at radius 3 is 2.93 bits per heavy atom. The molecule has 0 unspecified atom stereocenters. The molecule has 0 spiro atoms. The lowest BCUT2D eigenvalue weighted by atomic mass is 10.1. The summed E-state index contributed by atoms with van der Waals surface area (Å²) in [4.78, 5) is 10.6. The zero-order chi connectivity index (χ0) is 10.1. The normalized spacial score (nSPS) is 10.4. The number of hydrogen-bond donors (Lipinski definition) is 0. The van der Waals surface area contributed by atoms with Gasteiger partial charge in [0, 0.05) is 15.6 Å². The molecule has 72 valence electrons. The molecule has 0 atom stereocenters. The molecule has 0 aliphatic carbocycles. The topological polar surface area (TPSA) is 26.3 Å². The van der Waals surface area contributed by atoms with E-state index >= 15 is 0 Å². The SMILES string of the molecule is COc1cc(C=O)cc2scc(F)c12. The van der Waals surface area contributed by atoms with Gasteiger partial charge in [0.05, 0.1) is 12.5 Å². The smallest absolute Gasteiger partial charge is 0.150 e. The van der Waals surface area contributed by atoms with Crippen LogP contribution in [0, 0.1) is 5.82 Å². The summed E-state index contributed by atoms with van der Waals surface area (Å²) in [6, 6.07) is 3.18. The van der Waals surface area contributed by atoms with E-state index in [9.17, 15) is 9.18 Å². The Bertz CT molecular complexity index is 490. The molecule has 0 N–H and O–H groups in total. The van der Waals surface area contributed by atoms with Gasteiger partial charge < -0.3 is 4.74 Å². The van der Waals surface area contributed by atoms with Crippen molar-refractivity contribution in [2.45, 2.75) is 0 Å². The first kappa shape index (κ1) is 9.15. The van der Waals surface area contributed by atoms with Gasteiger partial charge in [-0.3, -0.25) is 4.79 Å². The number of carbonyl (C=O) groups is 1. The minimum atomic E-state index is -0.306. The summed E-state index contributed by atoms with van der Waals surface area (Å²) in [5.41, 5.74) is 0.496. The lowest BCUT2D eigenvalue weighted by Crippen LogP contribution is -1.87. The van der Waals surface area contributed by atoms with Crippen molar-refractivity contribution in [2.75, 3.05) is 7.11 Å². The number of benzene rings is 1. The van der Waals surface area contributed by atoms with Crippen LogP contribution in [0.5, 0.6) is 5.75 Å². The second-order valence-electron chi connectivity index (χ2n) is 2.80. The molecular weight excluding hydrogens is 203 g/mol. The third kappa shape index (κ3) is 1.28. The number of halogens is 1. The average molecular weight is 210 g/mol. The summed E-state index contributed by atoms with van der Waals surface area (Å²) >= 11 is 1.26. The van der Waals surface area contributed by atoms with Gasteiger partial charge in [0.25, 0.3) is 0 Å². The number of carbonyl (C=O) groups excluding carboxylic acids is 1. The van der Waals surface area contributed by atoms with Gasteiger partial charge in [0.2, 0.25) is 0 Å². The van der Waals surface area contributed by atoms with E-state index in [0.717, 1.165) is 11.0 Å². The summed E-state index contributed by atoms with van der Waals surface area (Å²) in [5.74, 6) is 0.0997. The van der Waals surface area contributed by atoms with Crippen LogP contribution in [0.2, 0.25) is 0 Å². The van der Waals surface area contributed by atoms with Crippen LogP contribution in [0.15, 0.2) is 17.5 Å². The third-order valence-electron chi connectivity index (χ3n) is 1.97. The molecule has 0 saturated carbocycles. The summed E-state index contributed by atoms with van der Waals surface area (Å²) in [6.45, 7) is 0. The van der Waals surface area contributed by atoms with Crippen molar-refractivity contribution in [2.24, 2.45) is 0 Å². The lowest BCUT2D eigenvalue weighted by Gasteiger charge is -2.02. The molecule has 14 heavy (non-hydrogen) atoms. The molecule has 2 rings (SSSR count). The van der Waals surface area contributed by atoms with Gasteiger partial charge in [-0.25, -0.2) is 4.39 Å². The van der Waals surface area contributed by atoms with Crippen molar-refractivity contribution in [3.63, 3.8) is 0 Å². The maximum atomic E-state index is 13.3. The molecular formula is C10H7FO2S. The predicted octanol–water partition coefficient (Wildman–Crippen LogP) is 2.86. The Kier molecular flexibility index (Phi) is 2.21. The molecule has 0 amide bonds. The molecule has 1 heterocycles. The second kappa shape index (κ2) is 3.38. The van der Waals surface area contributed by atoms with E-state index in [0.29, 0.717) is 16.7 Å². The molecule has 0 saturated heterocycles. The van der Waals surface area contributed by atoms with E-state index in [1.807, 2.05) is 0 Å². The molecule has 4 heteroatoms. The van der Waals surface area contributed by atoms with Crippen LogP contribution in [0.3, 0.4) is 0 Å². The molecule has 0 fully saturated rings. The van der Waals surface area contributed by atoms with E-state index in [2.05, 4.69) is 0 Å². The van der Waals surface area contributed by atoms with Gasteiger partial charge >= 0.3 is 0 Å². The highest BCUT2D eigenvalue weighted by Gasteiger charge is 2.10. The van der Waals surface area contributed by atoms with Crippen molar-refractivity contribution < 1.29 is 13.9 Å². The van der Waals surface area contributed by atoms with Gasteiger partial charge in [0.1, 0.15) is 17.9 Å². The van der Waals surface area contributed by atoms with E-state index in [-0.39, 0.29) is 5.82 Å². The molecule has 2 aromatic rings. The standard InChI is InChI=1S/C10H7FO2S/c1-13-8-2-6(4-12)3-9-10(8)7(11)5-14-9/h2-5H,1H3. The monoisotopic (exact) mass is 210 g/mol. The maximum absolute atomic E-state index is 13.3. The molecule has 0 aliphatic rings. The minimum absolute atomic E-state index is 0.306. The number of rotatable bonds is 2. The fourth-order valence-electron chi connectivity index (χ4n) is 1.34. The van der Waals surface area contributed by atoms with Crippen LogP contribution in [-0.2, 0) is 0 Å². The number of hydrogen-bond acceptors (Lipinski definition) is 3. The van der Waals surface area contributed by atoms with E-state index in [4.69, 9.17) is 4.74 Å². The van der Waals surface area contributed by atoms with Crippen molar-refractivity contribution in [1.82, 2.24) is 0 Å². The molecule has 1 aromatic heterocycles. The Morgan fingerprint density at radius 1 is 1.50 bits per heavy atom. The lowest BCUT2D eigenvalue weighted by molar-refractivity contribution is 0.112. The van der Waals surface area contributed by atoms with Crippen molar-refractivity contribution in [3.05, 3.63) is 28.9 Å². The van der Waals surface area contributed by atoms with Crippen LogP contribution in [0.4, 0.5) is 4.39 Å². The average Bonchev–Trinajstić information content (AvgIpc) is 2.59. The van der Waals surface area contributed by atoms with Gasteiger partial charge in [-0.2, -0.15) is 0 Å². The van der Waals surface area contributed by atoms with Crippen LogP contribution in [0.1, 0.15) is 10.4 Å². The Labute approximate surface area is 83.9 Å². The number of aldehydes is 1. The Balaban J connectivity index is 2.82. The third-order valence-corrected chi connectivity index (χ3v) is 2.87. The number of fused-ring (bicyclic) bond motifs is 1. The second-order valence-corrected chi connectivity index (χ2v) is 3.71. The maximum Gasteiger partial charge on any atom is 0.150 e. The number of methoxy groups -OCH3 is 1. The van der Waals surface area contributed by atoms with E-state index in [1.54, 1.807) is 6.07 Å². The molecule has 0 radical (unpaired) electrons. The largest absolute Gasteiger partial charge is 0.496 e. The van der Waals surface area contributed by atoms with Crippen molar-refractivity contribution >= 4 is 27.7 Å². The van der Waals surface area contributed by atoms with Crippen LogP contribution in [-0.4, -0.2) is 13.4 Å².